The Morgan fingerprint density at radius 2 is 2.39 bits per heavy atom. The lowest BCUT2D eigenvalue weighted by Gasteiger charge is -2.30. The lowest BCUT2D eigenvalue weighted by molar-refractivity contribution is -0.135. The van der Waals surface area contributed by atoms with E-state index in [9.17, 15) is 4.79 Å². The molecule has 1 aliphatic rings. The van der Waals surface area contributed by atoms with Gasteiger partial charge in [-0.1, -0.05) is 6.92 Å². The van der Waals surface area contributed by atoms with Gasteiger partial charge in [0.05, 0.1) is 24.4 Å². The SMILES string of the molecule is CCc1cnc(CNC(=O)[C@@H]2CCCO[C@H]2c2ccnn2C)o1. The number of ether oxygens (including phenoxy) is 1. The van der Waals surface area contributed by atoms with Crippen LogP contribution in [0.15, 0.2) is 22.9 Å². The second-order valence-corrected chi connectivity index (χ2v) is 5.71. The average molecular weight is 318 g/mol. The molecule has 0 spiro atoms. The summed E-state index contributed by atoms with van der Waals surface area (Å²) >= 11 is 0. The molecule has 0 unspecified atom stereocenters. The van der Waals surface area contributed by atoms with Crippen molar-refractivity contribution in [3.05, 3.63) is 35.8 Å². The van der Waals surface area contributed by atoms with E-state index in [4.69, 9.17) is 9.15 Å². The van der Waals surface area contributed by atoms with Crippen LogP contribution < -0.4 is 5.32 Å². The van der Waals surface area contributed by atoms with Gasteiger partial charge in [0.1, 0.15) is 11.9 Å². The molecule has 2 aromatic heterocycles. The summed E-state index contributed by atoms with van der Waals surface area (Å²) in [6.07, 6.45) is 5.64. The molecule has 1 saturated heterocycles. The Labute approximate surface area is 135 Å². The number of hydrogen-bond donors (Lipinski definition) is 1. The third-order valence-electron chi connectivity index (χ3n) is 4.17. The second kappa shape index (κ2) is 6.95. The van der Waals surface area contributed by atoms with E-state index in [-0.39, 0.29) is 17.9 Å². The molecule has 3 rings (SSSR count). The fraction of sp³-hybridized carbons (Fsp3) is 0.562. The Bertz CT molecular complexity index is 664. The van der Waals surface area contributed by atoms with E-state index >= 15 is 0 Å². The number of nitrogens with one attached hydrogen (secondary N) is 1. The van der Waals surface area contributed by atoms with Gasteiger partial charge in [-0.2, -0.15) is 5.10 Å². The first-order valence-corrected chi connectivity index (χ1v) is 7.99. The summed E-state index contributed by atoms with van der Waals surface area (Å²) in [5.74, 6) is 1.10. The molecule has 124 valence electrons. The van der Waals surface area contributed by atoms with Crippen LogP contribution in [0.5, 0.6) is 0 Å². The van der Waals surface area contributed by atoms with Crippen molar-refractivity contribution in [2.45, 2.75) is 38.8 Å². The van der Waals surface area contributed by atoms with Crippen LogP contribution in [0.25, 0.3) is 0 Å². The Morgan fingerprint density at radius 3 is 3.09 bits per heavy atom. The average Bonchev–Trinajstić information content (AvgIpc) is 3.21. The number of nitrogens with zero attached hydrogens (tertiary/aromatic N) is 3. The van der Waals surface area contributed by atoms with Crippen molar-refractivity contribution in [2.75, 3.05) is 6.61 Å². The lowest BCUT2D eigenvalue weighted by atomic mass is 9.91. The third kappa shape index (κ3) is 3.44. The number of rotatable bonds is 5. The first kappa shape index (κ1) is 15.7. The number of aryl methyl sites for hydroxylation is 2. The Hall–Kier alpha value is -2.15. The maximum atomic E-state index is 12.6. The van der Waals surface area contributed by atoms with Gasteiger partial charge in [0.15, 0.2) is 0 Å². The highest BCUT2D eigenvalue weighted by Crippen LogP contribution is 2.33. The van der Waals surface area contributed by atoms with E-state index in [2.05, 4.69) is 15.4 Å². The van der Waals surface area contributed by atoms with Crippen LogP contribution in [0.2, 0.25) is 0 Å². The normalized spacial score (nSPS) is 21.3. The first-order chi connectivity index (χ1) is 11.2. The summed E-state index contributed by atoms with van der Waals surface area (Å²) in [6, 6.07) is 1.90. The van der Waals surface area contributed by atoms with Crippen molar-refractivity contribution in [3.63, 3.8) is 0 Å². The van der Waals surface area contributed by atoms with Crippen LogP contribution in [0, 0.1) is 5.92 Å². The van der Waals surface area contributed by atoms with E-state index in [1.165, 1.54) is 0 Å². The molecule has 2 aromatic rings. The van der Waals surface area contributed by atoms with Gasteiger partial charge in [-0.3, -0.25) is 9.48 Å². The second-order valence-electron chi connectivity index (χ2n) is 5.71. The summed E-state index contributed by atoms with van der Waals surface area (Å²) in [6.45, 7) is 2.97. The first-order valence-electron chi connectivity index (χ1n) is 7.99. The molecule has 2 atom stereocenters. The monoisotopic (exact) mass is 318 g/mol. The van der Waals surface area contributed by atoms with Crippen LogP contribution in [0.3, 0.4) is 0 Å². The predicted molar refractivity (Wildman–Crippen MR) is 82.4 cm³/mol. The van der Waals surface area contributed by atoms with E-state index in [1.807, 2.05) is 20.0 Å². The molecule has 1 fully saturated rings. The van der Waals surface area contributed by atoms with Gasteiger partial charge >= 0.3 is 0 Å². The van der Waals surface area contributed by atoms with E-state index in [1.54, 1.807) is 17.1 Å². The van der Waals surface area contributed by atoms with Gasteiger partial charge in [-0.05, 0) is 18.9 Å². The van der Waals surface area contributed by atoms with Crippen molar-refractivity contribution in [1.82, 2.24) is 20.1 Å². The van der Waals surface area contributed by atoms with Gasteiger partial charge in [0, 0.05) is 26.3 Å². The van der Waals surface area contributed by atoms with Crippen LogP contribution >= 0.6 is 0 Å². The molecule has 7 heteroatoms. The number of carbonyl (C=O) groups excluding carboxylic acids is 1. The summed E-state index contributed by atoms with van der Waals surface area (Å²) in [5.41, 5.74) is 0.925. The van der Waals surface area contributed by atoms with Crippen molar-refractivity contribution in [2.24, 2.45) is 13.0 Å². The molecule has 0 radical (unpaired) electrons. The highest BCUT2D eigenvalue weighted by molar-refractivity contribution is 5.79. The molecular formula is C16H22N4O3. The maximum absolute atomic E-state index is 12.6. The quantitative estimate of drug-likeness (QED) is 0.908. The Kier molecular flexibility index (Phi) is 4.76. The van der Waals surface area contributed by atoms with E-state index in [0.29, 0.717) is 19.0 Å². The third-order valence-corrected chi connectivity index (χ3v) is 4.17. The summed E-state index contributed by atoms with van der Waals surface area (Å²) in [4.78, 5) is 16.7. The van der Waals surface area contributed by atoms with Crippen LogP contribution in [0.4, 0.5) is 0 Å². The summed E-state index contributed by atoms with van der Waals surface area (Å²) in [7, 11) is 1.86. The lowest BCUT2D eigenvalue weighted by Crippen LogP contribution is -2.38. The van der Waals surface area contributed by atoms with Crippen LogP contribution in [0.1, 0.15) is 43.2 Å². The number of amides is 1. The van der Waals surface area contributed by atoms with Crippen LogP contribution in [-0.2, 0) is 29.5 Å². The molecule has 0 bridgehead atoms. The van der Waals surface area contributed by atoms with E-state index in [0.717, 1.165) is 30.7 Å². The Balaban J connectivity index is 1.65. The van der Waals surface area contributed by atoms with Gasteiger partial charge in [0.25, 0.3) is 0 Å². The molecule has 23 heavy (non-hydrogen) atoms. The number of carbonyl (C=O) groups is 1. The minimum absolute atomic E-state index is 0.0350. The zero-order valence-electron chi connectivity index (χ0n) is 13.5. The Morgan fingerprint density at radius 1 is 1.52 bits per heavy atom. The van der Waals surface area contributed by atoms with Crippen LogP contribution in [-0.4, -0.2) is 27.3 Å². The number of hydrogen-bond acceptors (Lipinski definition) is 5. The minimum Gasteiger partial charge on any atom is -0.444 e. The predicted octanol–water partition coefficient (Wildman–Crippen LogP) is 1.75. The zero-order valence-corrected chi connectivity index (χ0v) is 13.5. The molecule has 1 amide bonds. The molecular weight excluding hydrogens is 296 g/mol. The van der Waals surface area contributed by atoms with Gasteiger partial charge < -0.3 is 14.5 Å². The fourth-order valence-electron chi connectivity index (χ4n) is 2.89. The van der Waals surface area contributed by atoms with Crippen molar-refractivity contribution < 1.29 is 13.9 Å². The topological polar surface area (TPSA) is 82.2 Å². The maximum Gasteiger partial charge on any atom is 0.226 e. The molecule has 0 aliphatic carbocycles. The van der Waals surface area contributed by atoms with Crippen molar-refractivity contribution in [3.8, 4) is 0 Å². The van der Waals surface area contributed by atoms with E-state index < -0.39 is 0 Å². The molecule has 7 nitrogen and oxygen atoms in total. The molecule has 1 aliphatic heterocycles. The highest BCUT2D eigenvalue weighted by atomic mass is 16.5. The fourth-order valence-corrected chi connectivity index (χ4v) is 2.89. The largest absolute Gasteiger partial charge is 0.444 e. The number of oxazole rings is 1. The molecule has 0 saturated carbocycles. The molecule has 1 N–H and O–H groups in total. The standard InChI is InChI=1S/C16H22N4O3/c1-3-11-9-17-14(23-11)10-18-16(21)12-5-4-8-22-15(12)13-6-7-19-20(13)2/h6-7,9,12,15H,3-5,8,10H2,1-2H3,(H,18,21)/t12-,15-/m1/s1. The van der Waals surface area contributed by atoms with Gasteiger partial charge in [-0.15, -0.1) is 0 Å². The minimum atomic E-state index is -0.257. The molecule has 0 aromatic carbocycles. The smallest absolute Gasteiger partial charge is 0.226 e. The summed E-state index contributed by atoms with van der Waals surface area (Å²) in [5, 5.41) is 7.08. The molecule has 3 heterocycles. The zero-order chi connectivity index (χ0) is 16.2. The highest BCUT2D eigenvalue weighted by Gasteiger charge is 2.34. The van der Waals surface area contributed by atoms with Crippen molar-refractivity contribution in [1.29, 1.82) is 0 Å². The van der Waals surface area contributed by atoms with Crippen molar-refractivity contribution >= 4 is 5.91 Å². The van der Waals surface area contributed by atoms with Gasteiger partial charge in [0.2, 0.25) is 11.8 Å². The van der Waals surface area contributed by atoms with Gasteiger partial charge in [-0.25, -0.2) is 4.98 Å². The number of aromatic nitrogens is 3. The summed E-state index contributed by atoms with van der Waals surface area (Å²) < 4.78 is 13.1.